The SMILES string of the molecule is CC(C)(C)C1CCC2C(C1)C1OC2C(OC(=O)c2ccccc2)C1OC(=O)c1ccccc1. The number of rotatable bonds is 4. The first-order chi connectivity index (χ1) is 15.8. The molecule has 174 valence electrons. The lowest BCUT2D eigenvalue weighted by Gasteiger charge is -2.45. The van der Waals surface area contributed by atoms with Crippen molar-refractivity contribution in [3.63, 3.8) is 0 Å². The molecular weight excluding hydrogens is 416 g/mol. The van der Waals surface area contributed by atoms with Crippen LogP contribution >= 0.6 is 0 Å². The highest BCUT2D eigenvalue weighted by Crippen LogP contribution is 2.55. The third-order valence-corrected chi connectivity index (χ3v) is 7.81. The Morgan fingerprint density at radius 1 is 0.758 bits per heavy atom. The molecule has 7 atom stereocenters. The predicted molar refractivity (Wildman–Crippen MR) is 124 cm³/mol. The van der Waals surface area contributed by atoms with E-state index in [0.717, 1.165) is 19.3 Å². The maximum atomic E-state index is 12.9. The summed E-state index contributed by atoms with van der Waals surface area (Å²) >= 11 is 0. The van der Waals surface area contributed by atoms with Crippen molar-refractivity contribution in [2.75, 3.05) is 0 Å². The van der Waals surface area contributed by atoms with Gasteiger partial charge in [-0.05, 0) is 66.7 Å². The minimum atomic E-state index is -0.602. The zero-order valence-corrected chi connectivity index (χ0v) is 19.5. The maximum absolute atomic E-state index is 12.9. The van der Waals surface area contributed by atoms with Gasteiger partial charge in [0.25, 0.3) is 0 Å². The molecule has 1 aliphatic carbocycles. The van der Waals surface area contributed by atoms with Crippen LogP contribution in [0.3, 0.4) is 0 Å². The molecule has 0 radical (unpaired) electrons. The van der Waals surface area contributed by atoms with E-state index in [-0.39, 0.29) is 17.6 Å². The van der Waals surface area contributed by atoms with E-state index in [4.69, 9.17) is 14.2 Å². The maximum Gasteiger partial charge on any atom is 0.338 e. The number of ether oxygens (including phenoxy) is 3. The third-order valence-electron chi connectivity index (χ3n) is 7.81. The molecule has 5 heteroatoms. The van der Waals surface area contributed by atoms with Crippen LogP contribution in [0.2, 0.25) is 0 Å². The van der Waals surface area contributed by atoms with Gasteiger partial charge >= 0.3 is 11.9 Å². The Balaban J connectivity index is 1.40. The molecule has 2 aromatic rings. The van der Waals surface area contributed by atoms with E-state index in [2.05, 4.69) is 20.8 Å². The summed E-state index contributed by atoms with van der Waals surface area (Å²) in [5, 5.41) is 0. The molecule has 5 rings (SSSR count). The van der Waals surface area contributed by atoms with Crippen molar-refractivity contribution < 1.29 is 23.8 Å². The number of carbonyl (C=O) groups excluding carboxylic acids is 2. The number of hydrogen-bond donors (Lipinski definition) is 0. The average molecular weight is 449 g/mol. The van der Waals surface area contributed by atoms with Gasteiger partial charge in [0.15, 0.2) is 12.2 Å². The molecule has 5 nitrogen and oxygen atoms in total. The summed E-state index contributed by atoms with van der Waals surface area (Å²) in [5.74, 6) is 0.425. The fraction of sp³-hybridized carbons (Fsp3) is 0.500. The van der Waals surface area contributed by atoms with E-state index in [1.807, 2.05) is 36.4 Å². The van der Waals surface area contributed by atoms with Crippen molar-refractivity contribution >= 4 is 11.9 Å². The first kappa shape index (κ1) is 22.1. The molecule has 0 spiro atoms. The second-order valence-electron chi connectivity index (χ2n) is 10.7. The lowest BCUT2D eigenvalue weighted by atomic mass is 9.61. The monoisotopic (exact) mass is 448 g/mol. The molecule has 3 aliphatic rings. The second-order valence-corrected chi connectivity index (χ2v) is 10.7. The highest BCUT2D eigenvalue weighted by atomic mass is 16.6. The van der Waals surface area contributed by atoms with Crippen LogP contribution in [0.5, 0.6) is 0 Å². The standard InChI is InChI=1S/C28H32O5/c1-28(2,3)19-14-15-20-21(16-19)23-25(33-27(30)18-12-8-5-9-13-18)24(22(20)31-23)32-26(29)17-10-6-4-7-11-17/h4-13,19-25H,14-16H2,1-3H3. The number of fused-ring (bicyclic) bond motifs is 5. The van der Waals surface area contributed by atoms with Crippen LogP contribution in [0.25, 0.3) is 0 Å². The van der Waals surface area contributed by atoms with Crippen molar-refractivity contribution in [3.8, 4) is 0 Å². The molecule has 2 aromatic carbocycles. The van der Waals surface area contributed by atoms with Crippen LogP contribution in [0.15, 0.2) is 60.7 Å². The smallest absolute Gasteiger partial charge is 0.338 e. The second kappa shape index (κ2) is 8.60. The van der Waals surface area contributed by atoms with Crippen LogP contribution in [-0.2, 0) is 14.2 Å². The summed E-state index contributed by atoms with van der Waals surface area (Å²) < 4.78 is 18.4. The van der Waals surface area contributed by atoms with Crippen LogP contribution in [-0.4, -0.2) is 36.4 Å². The Labute approximate surface area is 195 Å². The predicted octanol–water partition coefficient (Wildman–Crippen LogP) is 5.30. The minimum Gasteiger partial charge on any atom is -0.452 e. The molecular formula is C28H32O5. The minimum absolute atomic E-state index is 0.224. The Bertz CT molecular complexity index is 996. The van der Waals surface area contributed by atoms with Crippen molar-refractivity contribution in [2.24, 2.45) is 23.2 Å². The fourth-order valence-electron chi connectivity index (χ4n) is 6.00. The Kier molecular flexibility index (Phi) is 5.77. The van der Waals surface area contributed by atoms with E-state index in [1.54, 1.807) is 24.3 Å². The summed E-state index contributed by atoms with van der Waals surface area (Å²) in [6.45, 7) is 6.89. The quantitative estimate of drug-likeness (QED) is 0.594. The molecule has 33 heavy (non-hydrogen) atoms. The molecule has 0 N–H and O–H groups in total. The van der Waals surface area contributed by atoms with Crippen molar-refractivity contribution in [1.29, 1.82) is 0 Å². The summed E-state index contributed by atoms with van der Waals surface area (Å²) in [6.07, 6.45) is 1.57. The molecule has 2 bridgehead atoms. The van der Waals surface area contributed by atoms with Crippen LogP contribution in [0, 0.1) is 23.2 Å². The molecule has 0 amide bonds. The number of hydrogen-bond acceptors (Lipinski definition) is 5. The largest absolute Gasteiger partial charge is 0.452 e. The molecule has 1 saturated carbocycles. The Morgan fingerprint density at radius 2 is 1.24 bits per heavy atom. The van der Waals surface area contributed by atoms with Gasteiger partial charge in [-0.25, -0.2) is 9.59 Å². The lowest BCUT2D eigenvalue weighted by Crippen LogP contribution is -2.52. The molecule has 0 aromatic heterocycles. The molecule has 2 heterocycles. The van der Waals surface area contributed by atoms with Crippen molar-refractivity contribution in [3.05, 3.63) is 71.8 Å². The first-order valence-corrected chi connectivity index (χ1v) is 12.0. The average Bonchev–Trinajstić information content (AvgIpc) is 3.36. The van der Waals surface area contributed by atoms with E-state index in [9.17, 15) is 9.59 Å². The molecule has 7 unspecified atom stereocenters. The normalized spacial score (nSPS) is 32.8. The van der Waals surface area contributed by atoms with Gasteiger partial charge in [-0.3, -0.25) is 0 Å². The highest BCUT2D eigenvalue weighted by Gasteiger charge is 2.64. The summed E-state index contributed by atoms with van der Waals surface area (Å²) in [4.78, 5) is 25.8. The van der Waals surface area contributed by atoms with E-state index < -0.39 is 24.1 Å². The highest BCUT2D eigenvalue weighted by molar-refractivity contribution is 5.90. The summed E-state index contributed by atoms with van der Waals surface area (Å²) in [5.41, 5.74) is 1.20. The van der Waals surface area contributed by atoms with E-state index in [0.29, 0.717) is 28.9 Å². The van der Waals surface area contributed by atoms with E-state index in [1.165, 1.54) is 0 Å². The van der Waals surface area contributed by atoms with Gasteiger partial charge in [0, 0.05) is 0 Å². The van der Waals surface area contributed by atoms with Gasteiger partial charge in [-0.2, -0.15) is 0 Å². The van der Waals surface area contributed by atoms with Crippen LogP contribution in [0.4, 0.5) is 0 Å². The molecule has 3 fully saturated rings. The lowest BCUT2D eigenvalue weighted by molar-refractivity contribution is -0.0690. The Hall–Kier alpha value is -2.66. The zero-order valence-electron chi connectivity index (χ0n) is 19.5. The zero-order chi connectivity index (χ0) is 23.2. The van der Waals surface area contributed by atoms with Crippen LogP contribution < -0.4 is 0 Å². The van der Waals surface area contributed by atoms with Crippen LogP contribution in [0.1, 0.15) is 60.7 Å². The summed E-state index contributed by atoms with van der Waals surface area (Å²) in [7, 11) is 0. The van der Waals surface area contributed by atoms with Crippen molar-refractivity contribution in [1.82, 2.24) is 0 Å². The number of esters is 2. The fourth-order valence-corrected chi connectivity index (χ4v) is 6.00. The molecule has 2 aliphatic heterocycles. The van der Waals surface area contributed by atoms with Gasteiger partial charge < -0.3 is 14.2 Å². The van der Waals surface area contributed by atoms with Gasteiger partial charge in [0.05, 0.1) is 11.1 Å². The van der Waals surface area contributed by atoms with Crippen molar-refractivity contribution in [2.45, 2.75) is 64.4 Å². The van der Waals surface area contributed by atoms with Gasteiger partial charge in [0.2, 0.25) is 0 Å². The first-order valence-electron chi connectivity index (χ1n) is 12.0. The van der Waals surface area contributed by atoms with E-state index >= 15 is 0 Å². The van der Waals surface area contributed by atoms with Gasteiger partial charge in [-0.1, -0.05) is 57.2 Å². The third kappa shape index (κ3) is 4.19. The Morgan fingerprint density at radius 3 is 1.73 bits per heavy atom. The topological polar surface area (TPSA) is 61.8 Å². The van der Waals surface area contributed by atoms with Gasteiger partial charge in [-0.15, -0.1) is 0 Å². The number of benzene rings is 2. The van der Waals surface area contributed by atoms with Gasteiger partial charge in [0.1, 0.15) is 12.2 Å². The number of carbonyl (C=O) groups is 2. The molecule has 2 saturated heterocycles. The summed E-state index contributed by atoms with van der Waals surface area (Å²) in [6, 6.07) is 17.9.